The molecule has 0 radical (unpaired) electrons. The third kappa shape index (κ3) is 1.71. The minimum atomic E-state index is -0.379. The summed E-state index contributed by atoms with van der Waals surface area (Å²) in [6.45, 7) is 3.79. The average Bonchev–Trinajstić information content (AvgIpc) is 2.61. The summed E-state index contributed by atoms with van der Waals surface area (Å²) >= 11 is 0. The van der Waals surface area contributed by atoms with Crippen LogP contribution in [0.3, 0.4) is 0 Å². The first-order valence-corrected chi connectivity index (χ1v) is 4.54. The Kier molecular flexibility index (Phi) is 1.95. The number of esters is 1. The topological polar surface area (TPSA) is 39.4 Å². The fraction of sp³-hybridized carbons (Fsp3) is 0.364. The Labute approximate surface area is 82.4 Å². The number of carbonyl (C=O) groups is 1. The highest BCUT2D eigenvalue weighted by Crippen LogP contribution is 2.30. The number of furan rings is 1. The quantitative estimate of drug-likeness (QED) is 0.506. The van der Waals surface area contributed by atoms with Gasteiger partial charge in [0, 0.05) is 12.0 Å². The van der Waals surface area contributed by atoms with Crippen molar-refractivity contribution in [3.63, 3.8) is 0 Å². The van der Waals surface area contributed by atoms with Gasteiger partial charge < -0.3 is 9.15 Å². The number of hydrogen-bond donors (Lipinski definition) is 0. The van der Waals surface area contributed by atoms with E-state index in [0.717, 1.165) is 0 Å². The Hall–Kier alpha value is -1.51. The fourth-order valence-electron chi connectivity index (χ4n) is 1.54. The van der Waals surface area contributed by atoms with E-state index >= 15 is 0 Å². The summed E-state index contributed by atoms with van der Waals surface area (Å²) < 4.78 is 10.3. The molecule has 0 aromatic carbocycles. The number of ether oxygens (including phenoxy) is 1. The van der Waals surface area contributed by atoms with Crippen molar-refractivity contribution in [2.45, 2.75) is 25.9 Å². The van der Waals surface area contributed by atoms with Gasteiger partial charge in [-0.1, -0.05) is 0 Å². The molecule has 1 aromatic rings. The average molecular weight is 192 g/mol. The monoisotopic (exact) mass is 192 g/mol. The molecule has 1 fully saturated rings. The summed E-state index contributed by atoms with van der Waals surface area (Å²) in [5.41, 5.74) is 0.292. The van der Waals surface area contributed by atoms with Gasteiger partial charge >= 0.3 is 5.97 Å². The summed E-state index contributed by atoms with van der Waals surface area (Å²) in [5, 5.41) is 0. The molecule has 0 aliphatic carbocycles. The van der Waals surface area contributed by atoms with Gasteiger partial charge in [0.05, 0.1) is 6.26 Å². The lowest BCUT2D eigenvalue weighted by atomic mass is 10.0. The Morgan fingerprint density at radius 3 is 2.79 bits per heavy atom. The second kappa shape index (κ2) is 3.01. The third-order valence-electron chi connectivity index (χ3n) is 2.11. The maximum Gasteiger partial charge on any atom is 0.334 e. The Bertz CT molecular complexity index is 371. The summed E-state index contributed by atoms with van der Waals surface area (Å²) in [6.07, 6.45) is 3.95. The molecule has 1 aliphatic rings. The molecule has 14 heavy (non-hydrogen) atoms. The van der Waals surface area contributed by atoms with Crippen molar-refractivity contribution in [3.05, 3.63) is 29.7 Å². The largest absolute Gasteiger partial charge is 0.465 e. The van der Waals surface area contributed by atoms with Crippen LogP contribution in [-0.2, 0) is 9.53 Å². The first kappa shape index (κ1) is 9.06. The van der Waals surface area contributed by atoms with Gasteiger partial charge in [0.15, 0.2) is 0 Å². The van der Waals surface area contributed by atoms with Gasteiger partial charge in [0.2, 0.25) is 0 Å². The first-order valence-electron chi connectivity index (χ1n) is 4.54. The molecule has 3 heteroatoms. The van der Waals surface area contributed by atoms with E-state index in [9.17, 15) is 4.79 Å². The van der Waals surface area contributed by atoms with Crippen LogP contribution in [0.25, 0.3) is 6.08 Å². The SMILES string of the molecule is CC1(C)C/C(=C/c2ccco2)C(=O)O1. The van der Waals surface area contributed by atoms with Crippen molar-refractivity contribution in [1.29, 1.82) is 0 Å². The van der Waals surface area contributed by atoms with Crippen molar-refractivity contribution >= 4 is 12.0 Å². The van der Waals surface area contributed by atoms with E-state index in [2.05, 4.69) is 0 Å². The predicted molar refractivity (Wildman–Crippen MR) is 51.5 cm³/mol. The van der Waals surface area contributed by atoms with Gasteiger partial charge in [-0.15, -0.1) is 0 Å². The van der Waals surface area contributed by atoms with Crippen LogP contribution >= 0.6 is 0 Å². The van der Waals surface area contributed by atoms with E-state index in [1.54, 1.807) is 18.4 Å². The normalized spacial score (nSPS) is 22.7. The van der Waals surface area contributed by atoms with E-state index in [1.807, 2.05) is 19.9 Å². The fourth-order valence-corrected chi connectivity index (χ4v) is 1.54. The molecule has 2 heterocycles. The highest BCUT2D eigenvalue weighted by atomic mass is 16.6. The molecule has 1 aromatic heterocycles. The minimum Gasteiger partial charge on any atom is -0.465 e. The number of carbonyl (C=O) groups excluding carboxylic acids is 1. The van der Waals surface area contributed by atoms with Crippen LogP contribution in [0.2, 0.25) is 0 Å². The zero-order valence-corrected chi connectivity index (χ0v) is 8.24. The first-order chi connectivity index (χ1) is 6.57. The van der Waals surface area contributed by atoms with Crippen LogP contribution in [0.4, 0.5) is 0 Å². The smallest absolute Gasteiger partial charge is 0.334 e. The number of cyclic esters (lactones) is 1. The molecule has 1 aliphatic heterocycles. The molecule has 0 atom stereocenters. The molecule has 74 valence electrons. The van der Waals surface area contributed by atoms with Crippen molar-refractivity contribution in [1.82, 2.24) is 0 Å². The van der Waals surface area contributed by atoms with Crippen LogP contribution in [0.5, 0.6) is 0 Å². The number of hydrogen-bond acceptors (Lipinski definition) is 3. The van der Waals surface area contributed by atoms with E-state index in [-0.39, 0.29) is 11.6 Å². The molecule has 0 bridgehead atoms. The molecule has 0 unspecified atom stereocenters. The maximum atomic E-state index is 11.4. The highest BCUT2D eigenvalue weighted by molar-refractivity contribution is 5.95. The van der Waals surface area contributed by atoms with E-state index in [0.29, 0.717) is 17.8 Å². The van der Waals surface area contributed by atoms with Gasteiger partial charge in [-0.3, -0.25) is 0 Å². The van der Waals surface area contributed by atoms with Crippen molar-refractivity contribution < 1.29 is 13.9 Å². The minimum absolute atomic E-state index is 0.244. The van der Waals surface area contributed by atoms with Crippen molar-refractivity contribution in [3.8, 4) is 0 Å². The molecule has 2 rings (SSSR count). The summed E-state index contributed by atoms with van der Waals surface area (Å²) in [5.74, 6) is 0.445. The maximum absolute atomic E-state index is 11.4. The summed E-state index contributed by atoms with van der Waals surface area (Å²) in [6, 6.07) is 3.60. The standard InChI is InChI=1S/C11H12O3/c1-11(2)7-8(10(12)14-11)6-9-4-3-5-13-9/h3-6H,7H2,1-2H3/b8-6-. The van der Waals surface area contributed by atoms with E-state index in [1.165, 1.54) is 0 Å². The Morgan fingerprint density at radius 1 is 1.50 bits per heavy atom. The molecule has 0 amide bonds. The molecule has 0 spiro atoms. The molecule has 0 N–H and O–H groups in total. The summed E-state index contributed by atoms with van der Waals surface area (Å²) in [4.78, 5) is 11.4. The van der Waals surface area contributed by atoms with Crippen LogP contribution < -0.4 is 0 Å². The predicted octanol–water partition coefficient (Wildman–Crippen LogP) is 2.39. The molecular formula is C11H12O3. The van der Waals surface area contributed by atoms with Crippen LogP contribution in [-0.4, -0.2) is 11.6 Å². The molecule has 0 saturated carbocycles. The summed E-state index contributed by atoms with van der Waals surface area (Å²) in [7, 11) is 0. The third-order valence-corrected chi connectivity index (χ3v) is 2.11. The second-order valence-electron chi connectivity index (χ2n) is 4.01. The Morgan fingerprint density at radius 2 is 2.29 bits per heavy atom. The van der Waals surface area contributed by atoms with Crippen molar-refractivity contribution in [2.75, 3.05) is 0 Å². The van der Waals surface area contributed by atoms with Crippen LogP contribution in [0.15, 0.2) is 28.4 Å². The zero-order valence-electron chi connectivity index (χ0n) is 8.24. The van der Waals surface area contributed by atoms with Gasteiger partial charge in [0.1, 0.15) is 11.4 Å². The molecule has 3 nitrogen and oxygen atoms in total. The lowest BCUT2D eigenvalue weighted by Gasteiger charge is -2.13. The van der Waals surface area contributed by atoms with Gasteiger partial charge in [-0.05, 0) is 32.1 Å². The Balaban J connectivity index is 2.25. The lowest BCUT2D eigenvalue weighted by molar-refractivity contribution is -0.143. The van der Waals surface area contributed by atoms with E-state index in [4.69, 9.17) is 9.15 Å². The second-order valence-corrected chi connectivity index (χ2v) is 4.01. The molecule has 1 saturated heterocycles. The number of rotatable bonds is 1. The zero-order chi connectivity index (χ0) is 10.2. The van der Waals surface area contributed by atoms with Crippen LogP contribution in [0, 0.1) is 0 Å². The van der Waals surface area contributed by atoms with Crippen molar-refractivity contribution in [2.24, 2.45) is 0 Å². The van der Waals surface area contributed by atoms with Gasteiger partial charge in [-0.25, -0.2) is 4.79 Å². The molecular weight excluding hydrogens is 180 g/mol. The highest BCUT2D eigenvalue weighted by Gasteiger charge is 2.35. The van der Waals surface area contributed by atoms with E-state index < -0.39 is 0 Å². The van der Waals surface area contributed by atoms with Crippen LogP contribution in [0.1, 0.15) is 26.0 Å². The van der Waals surface area contributed by atoms with Gasteiger partial charge in [0.25, 0.3) is 0 Å². The lowest BCUT2D eigenvalue weighted by Crippen LogP contribution is -2.17. The van der Waals surface area contributed by atoms with Gasteiger partial charge in [-0.2, -0.15) is 0 Å².